The van der Waals surface area contributed by atoms with E-state index in [-0.39, 0.29) is 12.4 Å². The maximum absolute atomic E-state index is 12.1. The van der Waals surface area contributed by atoms with Crippen molar-refractivity contribution in [2.24, 2.45) is 0 Å². The molecule has 0 radical (unpaired) electrons. The van der Waals surface area contributed by atoms with Gasteiger partial charge in [-0.05, 0) is 35.4 Å². The predicted octanol–water partition coefficient (Wildman–Crippen LogP) is 4.02. The number of rotatable bonds is 9. The van der Waals surface area contributed by atoms with Crippen molar-refractivity contribution in [3.63, 3.8) is 0 Å². The number of ketones is 1. The Bertz CT molecular complexity index is 980. The molecule has 0 saturated heterocycles. The van der Waals surface area contributed by atoms with E-state index in [9.17, 15) is 9.59 Å². The largest absolute Gasteiger partial charge is 0.485 e. The summed E-state index contributed by atoms with van der Waals surface area (Å²) in [5, 5.41) is 8.61. The van der Waals surface area contributed by atoms with Crippen LogP contribution < -0.4 is 9.47 Å². The van der Waals surface area contributed by atoms with Gasteiger partial charge in [-0.25, -0.2) is 9.78 Å². The van der Waals surface area contributed by atoms with Gasteiger partial charge in [-0.2, -0.15) is 0 Å². The van der Waals surface area contributed by atoms with Gasteiger partial charge in [0.2, 0.25) is 5.88 Å². The quantitative estimate of drug-likeness (QED) is 0.439. The Morgan fingerprint density at radius 2 is 1.69 bits per heavy atom. The van der Waals surface area contributed by atoms with Gasteiger partial charge in [0.15, 0.2) is 12.4 Å². The minimum Gasteiger partial charge on any atom is -0.485 e. The normalized spacial score (nSPS) is 10.6. The van der Waals surface area contributed by atoms with Gasteiger partial charge in [0.25, 0.3) is 0 Å². The van der Waals surface area contributed by atoms with Gasteiger partial charge >= 0.3 is 5.97 Å². The molecule has 29 heavy (non-hydrogen) atoms. The van der Waals surface area contributed by atoms with Crippen LogP contribution >= 0.6 is 0 Å². The van der Waals surface area contributed by atoms with Crippen molar-refractivity contribution in [2.75, 3.05) is 6.61 Å². The first-order valence-corrected chi connectivity index (χ1v) is 8.90. The maximum atomic E-state index is 12.1. The minimum atomic E-state index is -1.01. The lowest BCUT2D eigenvalue weighted by Gasteiger charge is -2.08. The second-order valence-electron chi connectivity index (χ2n) is 6.11. The van der Waals surface area contributed by atoms with E-state index < -0.39 is 5.97 Å². The fourth-order valence-corrected chi connectivity index (χ4v) is 2.44. The first-order valence-electron chi connectivity index (χ1n) is 8.90. The molecule has 0 aliphatic carbocycles. The van der Waals surface area contributed by atoms with Crippen LogP contribution in [0.1, 0.15) is 21.5 Å². The molecule has 1 N–H and O–H groups in total. The van der Waals surface area contributed by atoms with Crippen LogP contribution in [0, 0.1) is 0 Å². The van der Waals surface area contributed by atoms with Crippen molar-refractivity contribution in [2.45, 2.75) is 6.61 Å². The van der Waals surface area contributed by atoms with Crippen molar-refractivity contribution < 1.29 is 24.2 Å². The highest BCUT2D eigenvalue weighted by Crippen LogP contribution is 2.15. The van der Waals surface area contributed by atoms with Gasteiger partial charge in [0.05, 0.1) is 0 Å². The van der Waals surface area contributed by atoms with Crippen LogP contribution in [0.25, 0.3) is 6.08 Å². The van der Waals surface area contributed by atoms with Crippen LogP contribution in [0.5, 0.6) is 11.6 Å². The number of pyridine rings is 1. The van der Waals surface area contributed by atoms with Gasteiger partial charge in [0, 0.05) is 23.9 Å². The molecule has 3 aromatic rings. The molecule has 2 aromatic carbocycles. The highest BCUT2D eigenvalue weighted by molar-refractivity contribution is 5.97. The Morgan fingerprint density at radius 3 is 2.34 bits per heavy atom. The van der Waals surface area contributed by atoms with Crippen LogP contribution in [-0.4, -0.2) is 28.4 Å². The van der Waals surface area contributed by atoms with Crippen LogP contribution in [0.4, 0.5) is 0 Å². The monoisotopic (exact) mass is 389 g/mol. The van der Waals surface area contributed by atoms with Crippen LogP contribution in [0.2, 0.25) is 0 Å². The molecule has 0 fully saturated rings. The van der Waals surface area contributed by atoms with E-state index in [1.54, 1.807) is 36.4 Å². The first-order chi connectivity index (χ1) is 14.1. The summed E-state index contributed by atoms with van der Waals surface area (Å²) >= 11 is 0. The summed E-state index contributed by atoms with van der Waals surface area (Å²) < 4.78 is 11.2. The number of carbonyl (C=O) groups is 2. The summed E-state index contributed by atoms with van der Waals surface area (Å²) in [6.07, 6.45) is 4.05. The Morgan fingerprint density at radius 1 is 0.931 bits per heavy atom. The van der Waals surface area contributed by atoms with Crippen LogP contribution in [0.3, 0.4) is 0 Å². The first kappa shape index (κ1) is 19.8. The molecule has 0 spiro atoms. The van der Waals surface area contributed by atoms with Gasteiger partial charge < -0.3 is 14.6 Å². The SMILES string of the molecule is O=C(O)C=Cc1ccc(OCc2ccc(OCC(=O)c3ccccc3)cc2)nc1. The van der Waals surface area contributed by atoms with E-state index in [0.29, 0.717) is 29.4 Å². The molecule has 0 atom stereocenters. The zero-order valence-electron chi connectivity index (χ0n) is 15.5. The predicted molar refractivity (Wildman–Crippen MR) is 108 cm³/mol. The molecule has 3 rings (SSSR count). The number of Topliss-reactive ketones (excluding diaryl/α,β-unsaturated/α-hetero) is 1. The van der Waals surface area contributed by atoms with E-state index >= 15 is 0 Å². The highest BCUT2D eigenvalue weighted by atomic mass is 16.5. The second-order valence-corrected chi connectivity index (χ2v) is 6.11. The zero-order chi connectivity index (χ0) is 20.5. The van der Waals surface area contributed by atoms with E-state index in [2.05, 4.69) is 4.98 Å². The number of nitrogens with zero attached hydrogens (tertiary/aromatic N) is 1. The summed E-state index contributed by atoms with van der Waals surface area (Å²) in [4.78, 5) is 26.7. The summed E-state index contributed by atoms with van der Waals surface area (Å²) in [5.74, 6) is -0.0510. The van der Waals surface area contributed by atoms with Crippen molar-refractivity contribution in [1.29, 1.82) is 0 Å². The van der Waals surface area contributed by atoms with Crippen molar-refractivity contribution >= 4 is 17.8 Å². The van der Waals surface area contributed by atoms with Gasteiger partial charge in [-0.3, -0.25) is 4.79 Å². The fraction of sp³-hybridized carbons (Fsp3) is 0.0870. The Kier molecular flexibility index (Phi) is 6.73. The van der Waals surface area contributed by atoms with Crippen LogP contribution in [-0.2, 0) is 11.4 Å². The van der Waals surface area contributed by atoms with Gasteiger partial charge in [-0.1, -0.05) is 42.5 Å². The number of benzene rings is 2. The number of hydrogen-bond donors (Lipinski definition) is 1. The molecule has 146 valence electrons. The number of carboxylic acid groups (broad SMARTS) is 1. The molecule has 1 heterocycles. The molecule has 1 aromatic heterocycles. The maximum Gasteiger partial charge on any atom is 0.328 e. The number of carbonyl (C=O) groups excluding carboxylic acids is 1. The number of ether oxygens (including phenoxy) is 2. The zero-order valence-corrected chi connectivity index (χ0v) is 15.5. The van der Waals surface area contributed by atoms with E-state index in [1.165, 1.54) is 12.3 Å². The molecule has 0 amide bonds. The molecule has 0 bridgehead atoms. The average Bonchev–Trinajstić information content (AvgIpc) is 2.76. The molecule has 0 unspecified atom stereocenters. The lowest BCUT2D eigenvalue weighted by molar-refractivity contribution is -0.131. The summed E-state index contributed by atoms with van der Waals surface area (Å²) in [6, 6.07) is 19.7. The average molecular weight is 389 g/mol. The lowest BCUT2D eigenvalue weighted by Crippen LogP contribution is -2.11. The topological polar surface area (TPSA) is 85.7 Å². The molecule has 0 aliphatic rings. The highest BCUT2D eigenvalue weighted by Gasteiger charge is 2.06. The fourth-order valence-electron chi connectivity index (χ4n) is 2.44. The third kappa shape index (κ3) is 6.32. The summed E-state index contributed by atoms with van der Waals surface area (Å²) in [6.45, 7) is 0.299. The van der Waals surface area contributed by atoms with E-state index in [0.717, 1.165) is 11.6 Å². The Hall–Kier alpha value is -3.93. The third-order valence-corrected chi connectivity index (χ3v) is 3.95. The lowest BCUT2D eigenvalue weighted by atomic mass is 10.1. The minimum absolute atomic E-state index is 0.0214. The Balaban J connectivity index is 1.48. The van der Waals surface area contributed by atoms with Gasteiger partial charge in [0.1, 0.15) is 12.4 Å². The van der Waals surface area contributed by atoms with Crippen molar-refractivity contribution in [1.82, 2.24) is 4.98 Å². The third-order valence-electron chi connectivity index (χ3n) is 3.95. The second kappa shape index (κ2) is 9.85. The molecule has 0 saturated carbocycles. The number of aromatic nitrogens is 1. The molecular weight excluding hydrogens is 370 g/mol. The Labute approximate surface area is 168 Å². The van der Waals surface area contributed by atoms with E-state index in [4.69, 9.17) is 14.6 Å². The smallest absolute Gasteiger partial charge is 0.328 e. The summed E-state index contributed by atoms with van der Waals surface area (Å²) in [5.41, 5.74) is 2.21. The van der Waals surface area contributed by atoms with Gasteiger partial charge in [-0.15, -0.1) is 0 Å². The molecule has 0 aliphatic heterocycles. The number of aliphatic carboxylic acids is 1. The number of hydrogen-bond acceptors (Lipinski definition) is 5. The van der Waals surface area contributed by atoms with Crippen molar-refractivity contribution in [3.05, 3.63) is 95.7 Å². The molecule has 6 heteroatoms. The summed E-state index contributed by atoms with van der Waals surface area (Å²) in [7, 11) is 0. The van der Waals surface area contributed by atoms with Crippen molar-refractivity contribution in [3.8, 4) is 11.6 Å². The number of carboxylic acids is 1. The molecule has 6 nitrogen and oxygen atoms in total. The standard InChI is InChI=1S/C23H19NO5/c25-21(19-4-2-1-3-5-19)16-28-20-10-6-18(7-11-20)15-29-22-12-8-17(14-24-22)9-13-23(26)27/h1-14H,15-16H2,(H,26,27). The van der Waals surface area contributed by atoms with Crippen LogP contribution in [0.15, 0.2) is 79.0 Å². The van der Waals surface area contributed by atoms with E-state index in [1.807, 2.05) is 30.3 Å². The molecular formula is C23H19NO5.